The monoisotopic (exact) mass is 281 g/mol. The Morgan fingerprint density at radius 1 is 1.10 bits per heavy atom. The minimum Gasteiger partial charge on any atom is -0.356 e. The van der Waals surface area contributed by atoms with Gasteiger partial charge in [0.25, 0.3) is 0 Å². The van der Waals surface area contributed by atoms with Crippen molar-refractivity contribution in [2.24, 2.45) is 5.73 Å². The Kier molecular flexibility index (Phi) is 5.40. The maximum Gasteiger partial charge on any atom is 0.221 e. The van der Waals surface area contributed by atoms with Crippen molar-refractivity contribution in [2.45, 2.75) is 75.8 Å². The van der Waals surface area contributed by atoms with Gasteiger partial charge in [-0.05, 0) is 32.1 Å². The molecule has 5 nitrogen and oxygen atoms in total. The fraction of sp³-hybridized carbons (Fsp3) is 0.867. The lowest BCUT2D eigenvalue weighted by Crippen LogP contribution is -2.46. The molecule has 0 aromatic rings. The van der Waals surface area contributed by atoms with Crippen LogP contribution in [0.25, 0.3) is 0 Å². The summed E-state index contributed by atoms with van der Waals surface area (Å²) in [4.78, 5) is 23.3. The molecule has 0 aliphatic heterocycles. The number of hydrogen-bond donors (Lipinski definition) is 3. The summed E-state index contributed by atoms with van der Waals surface area (Å²) < 4.78 is 0. The summed E-state index contributed by atoms with van der Waals surface area (Å²) in [7, 11) is 0. The normalized spacial score (nSPS) is 21.2. The molecule has 5 heteroatoms. The summed E-state index contributed by atoms with van der Waals surface area (Å²) >= 11 is 0. The standard InChI is InChI=1S/C15H27N3O2/c16-15(8-2-1-3-9-15)11-14(20)17-10-4-5-13(19)18-12-6-7-12/h12H,1-11,16H2,(H,17,20)(H,18,19). The fourth-order valence-corrected chi connectivity index (χ4v) is 2.82. The van der Waals surface area contributed by atoms with Crippen molar-refractivity contribution < 1.29 is 9.59 Å². The van der Waals surface area contributed by atoms with E-state index in [-0.39, 0.29) is 17.4 Å². The highest BCUT2D eigenvalue weighted by atomic mass is 16.2. The molecule has 2 saturated carbocycles. The van der Waals surface area contributed by atoms with Gasteiger partial charge in [-0.15, -0.1) is 0 Å². The van der Waals surface area contributed by atoms with E-state index in [1.54, 1.807) is 0 Å². The van der Waals surface area contributed by atoms with Gasteiger partial charge in [0.05, 0.1) is 0 Å². The van der Waals surface area contributed by atoms with Gasteiger partial charge in [0, 0.05) is 31.0 Å². The molecule has 0 spiro atoms. The first kappa shape index (κ1) is 15.3. The molecule has 2 fully saturated rings. The molecular weight excluding hydrogens is 254 g/mol. The van der Waals surface area contributed by atoms with Crippen molar-refractivity contribution in [1.29, 1.82) is 0 Å². The Bertz CT molecular complexity index is 347. The maximum absolute atomic E-state index is 11.9. The van der Waals surface area contributed by atoms with E-state index in [9.17, 15) is 9.59 Å². The van der Waals surface area contributed by atoms with Gasteiger partial charge in [0.1, 0.15) is 0 Å². The zero-order valence-electron chi connectivity index (χ0n) is 12.2. The van der Waals surface area contributed by atoms with Crippen molar-refractivity contribution in [1.82, 2.24) is 10.6 Å². The number of hydrogen-bond acceptors (Lipinski definition) is 3. The van der Waals surface area contributed by atoms with E-state index >= 15 is 0 Å². The number of carbonyl (C=O) groups is 2. The van der Waals surface area contributed by atoms with Crippen LogP contribution in [0.1, 0.15) is 64.2 Å². The van der Waals surface area contributed by atoms with Crippen LogP contribution in [0.3, 0.4) is 0 Å². The number of rotatable bonds is 7. The Hall–Kier alpha value is -1.10. The van der Waals surface area contributed by atoms with Crippen LogP contribution >= 0.6 is 0 Å². The van der Waals surface area contributed by atoms with E-state index in [0.717, 1.165) is 38.5 Å². The van der Waals surface area contributed by atoms with Crippen molar-refractivity contribution in [2.75, 3.05) is 6.54 Å². The zero-order chi connectivity index (χ0) is 14.4. The third kappa shape index (κ3) is 5.49. The van der Waals surface area contributed by atoms with Gasteiger partial charge in [-0.3, -0.25) is 9.59 Å². The lowest BCUT2D eigenvalue weighted by Gasteiger charge is -2.32. The predicted molar refractivity (Wildman–Crippen MR) is 78.0 cm³/mol. The summed E-state index contributed by atoms with van der Waals surface area (Å²) in [6, 6.07) is 0.417. The zero-order valence-corrected chi connectivity index (χ0v) is 12.2. The van der Waals surface area contributed by atoms with E-state index < -0.39 is 0 Å². The maximum atomic E-state index is 11.9. The topological polar surface area (TPSA) is 84.2 Å². The number of nitrogens with two attached hydrogens (primary N) is 1. The second-order valence-electron chi connectivity index (χ2n) is 6.40. The summed E-state index contributed by atoms with van der Waals surface area (Å²) in [5, 5.41) is 5.82. The minimum atomic E-state index is -0.300. The van der Waals surface area contributed by atoms with Crippen LogP contribution < -0.4 is 16.4 Å². The summed E-state index contributed by atoms with van der Waals surface area (Å²) in [6.07, 6.45) is 9.22. The SMILES string of the molecule is NC1(CC(=O)NCCCC(=O)NC2CC2)CCCCC1. The van der Waals surface area contributed by atoms with Gasteiger partial charge in [-0.1, -0.05) is 19.3 Å². The molecule has 0 saturated heterocycles. The number of nitrogens with one attached hydrogen (secondary N) is 2. The van der Waals surface area contributed by atoms with Crippen LogP contribution in [-0.2, 0) is 9.59 Å². The Balaban J connectivity index is 1.54. The quantitative estimate of drug-likeness (QED) is 0.613. The van der Waals surface area contributed by atoms with Crippen molar-refractivity contribution in [3.63, 3.8) is 0 Å². The third-order valence-corrected chi connectivity index (χ3v) is 4.21. The average molecular weight is 281 g/mol. The van der Waals surface area contributed by atoms with Gasteiger partial charge in [0.2, 0.25) is 11.8 Å². The molecule has 0 heterocycles. The van der Waals surface area contributed by atoms with Gasteiger partial charge in [-0.25, -0.2) is 0 Å². The fourth-order valence-electron chi connectivity index (χ4n) is 2.82. The number of carbonyl (C=O) groups excluding carboxylic acids is 2. The van der Waals surface area contributed by atoms with Crippen molar-refractivity contribution >= 4 is 11.8 Å². The van der Waals surface area contributed by atoms with Gasteiger partial charge in [-0.2, -0.15) is 0 Å². The van der Waals surface area contributed by atoms with E-state index in [1.807, 2.05) is 0 Å². The molecule has 0 atom stereocenters. The number of amides is 2. The highest BCUT2D eigenvalue weighted by Gasteiger charge is 2.29. The minimum absolute atomic E-state index is 0.0250. The van der Waals surface area contributed by atoms with Gasteiger partial charge >= 0.3 is 0 Å². The molecular formula is C15H27N3O2. The van der Waals surface area contributed by atoms with Gasteiger partial charge < -0.3 is 16.4 Å². The van der Waals surface area contributed by atoms with Crippen LogP contribution in [0.15, 0.2) is 0 Å². The van der Waals surface area contributed by atoms with Crippen LogP contribution in [0, 0.1) is 0 Å². The van der Waals surface area contributed by atoms with E-state index in [2.05, 4.69) is 10.6 Å². The van der Waals surface area contributed by atoms with Crippen LogP contribution in [0.2, 0.25) is 0 Å². The molecule has 114 valence electrons. The molecule has 2 aliphatic carbocycles. The second kappa shape index (κ2) is 7.07. The highest BCUT2D eigenvalue weighted by Crippen LogP contribution is 2.28. The first-order valence-corrected chi connectivity index (χ1v) is 7.92. The molecule has 4 N–H and O–H groups in total. The second-order valence-corrected chi connectivity index (χ2v) is 6.40. The summed E-state index contributed by atoms with van der Waals surface area (Å²) in [5.41, 5.74) is 5.95. The molecule has 0 radical (unpaired) electrons. The molecule has 20 heavy (non-hydrogen) atoms. The van der Waals surface area contributed by atoms with Crippen LogP contribution in [0.5, 0.6) is 0 Å². The molecule has 2 amide bonds. The molecule has 0 aromatic carbocycles. The highest BCUT2D eigenvalue weighted by molar-refractivity contribution is 5.78. The van der Waals surface area contributed by atoms with E-state index in [0.29, 0.717) is 31.8 Å². The molecule has 2 aliphatic rings. The van der Waals surface area contributed by atoms with Crippen molar-refractivity contribution in [3.8, 4) is 0 Å². The largest absolute Gasteiger partial charge is 0.356 e. The van der Waals surface area contributed by atoms with Crippen LogP contribution in [0.4, 0.5) is 0 Å². The molecule has 0 bridgehead atoms. The molecule has 0 aromatic heterocycles. The van der Waals surface area contributed by atoms with Gasteiger partial charge in [0.15, 0.2) is 0 Å². The van der Waals surface area contributed by atoms with Crippen LogP contribution in [-0.4, -0.2) is 29.9 Å². The summed E-state index contributed by atoms with van der Waals surface area (Å²) in [5.74, 6) is 0.126. The molecule has 2 rings (SSSR count). The van der Waals surface area contributed by atoms with Crippen molar-refractivity contribution in [3.05, 3.63) is 0 Å². The third-order valence-electron chi connectivity index (χ3n) is 4.21. The Morgan fingerprint density at radius 3 is 2.45 bits per heavy atom. The lowest BCUT2D eigenvalue weighted by molar-refractivity contribution is -0.123. The summed E-state index contributed by atoms with van der Waals surface area (Å²) in [6.45, 7) is 0.562. The van der Waals surface area contributed by atoms with E-state index in [4.69, 9.17) is 5.73 Å². The Labute approximate surface area is 121 Å². The first-order chi connectivity index (χ1) is 9.57. The first-order valence-electron chi connectivity index (χ1n) is 7.92. The lowest BCUT2D eigenvalue weighted by atomic mass is 9.80. The average Bonchev–Trinajstić information content (AvgIpc) is 3.19. The smallest absolute Gasteiger partial charge is 0.221 e. The predicted octanol–water partition coefficient (Wildman–Crippen LogP) is 1.21. The Morgan fingerprint density at radius 2 is 1.80 bits per heavy atom. The molecule has 0 unspecified atom stereocenters. The van der Waals surface area contributed by atoms with E-state index in [1.165, 1.54) is 6.42 Å².